The Labute approximate surface area is 158 Å². The van der Waals surface area contributed by atoms with E-state index in [1.807, 2.05) is 60.7 Å². The van der Waals surface area contributed by atoms with E-state index in [4.69, 9.17) is 11.6 Å². The first-order chi connectivity index (χ1) is 12.6. The Balaban J connectivity index is 1.63. The summed E-state index contributed by atoms with van der Waals surface area (Å²) in [6.45, 7) is 0.730. The van der Waals surface area contributed by atoms with E-state index in [0.717, 1.165) is 34.9 Å². The van der Waals surface area contributed by atoms with E-state index < -0.39 is 0 Å². The monoisotopic (exact) mass is 365 g/mol. The number of pyridine rings is 1. The smallest absolute Gasteiger partial charge is 0.259 e. The molecule has 0 spiro atoms. The van der Waals surface area contributed by atoms with Gasteiger partial charge in [0.1, 0.15) is 0 Å². The Hall–Kier alpha value is -2.85. The summed E-state index contributed by atoms with van der Waals surface area (Å²) in [5, 5.41) is 4.05. The van der Waals surface area contributed by atoms with Crippen molar-refractivity contribution in [2.24, 2.45) is 0 Å². The van der Waals surface area contributed by atoms with Crippen molar-refractivity contribution in [3.8, 4) is 0 Å². The minimum absolute atomic E-state index is 0.0952. The van der Waals surface area contributed by atoms with Crippen LogP contribution in [-0.2, 0) is 6.42 Å². The highest BCUT2D eigenvalue weighted by Gasteiger charge is 2.14. The highest BCUT2D eigenvalue weighted by molar-refractivity contribution is 6.30. The predicted octanol–water partition coefficient (Wildman–Crippen LogP) is 4.67. The van der Waals surface area contributed by atoms with Crippen LogP contribution in [0.2, 0.25) is 5.02 Å². The number of anilines is 2. The maximum atomic E-state index is 12.7. The summed E-state index contributed by atoms with van der Waals surface area (Å²) in [6.07, 6.45) is 4.14. The summed E-state index contributed by atoms with van der Waals surface area (Å²) in [5.41, 5.74) is 3.37. The lowest BCUT2D eigenvalue weighted by Crippen LogP contribution is -2.26. The Morgan fingerprint density at radius 3 is 2.65 bits per heavy atom. The molecule has 0 aliphatic rings. The van der Waals surface area contributed by atoms with E-state index in [1.165, 1.54) is 0 Å². The number of halogens is 1. The summed E-state index contributed by atoms with van der Waals surface area (Å²) >= 11 is 6.00. The number of benzene rings is 2. The highest BCUT2D eigenvalue weighted by atomic mass is 35.5. The van der Waals surface area contributed by atoms with Crippen LogP contribution >= 0.6 is 11.6 Å². The number of rotatable bonds is 6. The van der Waals surface area contributed by atoms with Crippen molar-refractivity contribution < 1.29 is 4.79 Å². The van der Waals surface area contributed by atoms with Gasteiger partial charge in [-0.15, -0.1) is 0 Å². The molecule has 3 aromatic rings. The van der Waals surface area contributed by atoms with Gasteiger partial charge in [0, 0.05) is 36.7 Å². The number of hydrogen-bond donors (Lipinski definition) is 1. The van der Waals surface area contributed by atoms with Crippen LogP contribution in [0.25, 0.3) is 0 Å². The zero-order valence-corrected chi connectivity index (χ0v) is 15.3. The Kier molecular flexibility index (Phi) is 5.87. The van der Waals surface area contributed by atoms with Gasteiger partial charge in [-0.05, 0) is 42.3 Å². The van der Waals surface area contributed by atoms with Gasteiger partial charge in [-0.2, -0.15) is 0 Å². The molecule has 0 aliphatic carbocycles. The van der Waals surface area contributed by atoms with Crippen molar-refractivity contribution in [2.75, 3.05) is 23.8 Å². The quantitative estimate of drug-likeness (QED) is 0.690. The van der Waals surface area contributed by atoms with E-state index >= 15 is 0 Å². The molecule has 0 bridgehead atoms. The third-order valence-electron chi connectivity index (χ3n) is 4.07. The largest absolute Gasteiger partial charge is 0.383 e. The van der Waals surface area contributed by atoms with E-state index in [1.54, 1.807) is 24.3 Å². The molecule has 0 saturated heterocycles. The van der Waals surface area contributed by atoms with Crippen LogP contribution in [0, 0.1) is 0 Å². The number of nitrogens with zero attached hydrogens (tertiary/aromatic N) is 2. The Morgan fingerprint density at radius 1 is 1.08 bits per heavy atom. The summed E-state index contributed by atoms with van der Waals surface area (Å²) in [7, 11) is 1.76. The van der Waals surface area contributed by atoms with Gasteiger partial charge in [-0.1, -0.05) is 41.9 Å². The molecule has 5 heteroatoms. The van der Waals surface area contributed by atoms with Gasteiger partial charge in [0.2, 0.25) is 0 Å². The standard InChI is InChI=1S/C21H20ClN3O/c1-25(20-8-3-2-4-9-20)21(26)17-13-19(15-23-14-17)24-11-10-16-6-5-7-18(22)12-16/h2-9,12-15,24H,10-11H2,1H3. The summed E-state index contributed by atoms with van der Waals surface area (Å²) in [6, 6.07) is 19.2. The summed E-state index contributed by atoms with van der Waals surface area (Å²) in [5.74, 6) is -0.0952. The molecule has 0 atom stereocenters. The molecule has 26 heavy (non-hydrogen) atoms. The molecule has 0 unspecified atom stereocenters. The molecular formula is C21H20ClN3O. The zero-order valence-electron chi connectivity index (χ0n) is 14.5. The van der Waals surface area contributed by atoms with E-state index in [9.17, 15) is 4.79 Å². The second-order valence-corrected chi connectivity index (χ2v) is 6.41. The number of para-hydroxylation sites is 1. The number of aromatic nitrogens is 1. The van der Waals surface area contributed by atoms with E-state index in [2.05, 4.69) is 10.3 Å². The van der Waals surface area contributed by atoms with Gasteiger partial charge < -0.3 is 10.2 Å². The van der Waals surface area contributed by atoms with E-state index in [0.29, 0.717) is 5.56 Å². The maximum Gasteiger partial charge on any atom is 0.259 e. The van der Waals surface area contributed by atoms with Crippen LogP contribution in [0.4, 0.5) is 11.4 Å². The average molecular weight is 366 g/mol. The second-order valence-electron chi connectivity index (χ2n) is 5.97. The molecule has 0 saturated carbocycles. The fourth-order valence-electron chi connectivity index (χ4n) is 2.66. The SMILES string of the molecule is CN(C(=O)c1cncc(NCCc2cccc(Cl)c2)c1)c1ccccc1. The van der Waals surface area contributed by atoms with Crippen molar-refractivity contribution in [2.45, 2.75) is 6.42 Å². The Bertz CT molecular complexity index is 883. The topological polar surface area (TPSA) is 45.2 Å². The molecule has 1 aromatic heterocycles. The molecule has 4 nitrogen and oxygen atoms in total. The number of carbonyl (C=O) groups excluding carboxylic acids is 1. The van der Waals surface area contributed by atoms with Gasteiger partial charge in [0.25, 0.3) is 5.91 Å². The van der Waals surface area contributed by atoms with Crippen molar-refractivity contribution >= 4 is 28.9 Å². The van der Waals surface area contributed by atoms with Crippen molar-refractivity contribution in [1.82, 2.24) is 4.98 Å². The Morgan fingerprint density at radius 2 is 1.88 bits per heavy atom. The number of nitrogens with one attached hydrogen (secondary N) is 1. The number of amides is 1. The lowest BCUT2D eigenvalue weighted by molar-refractivity contribution is 0.0992. The third kappa shape index (κ3) is 4.61. The first-order valence-electron chi connectivity index (χ1n) is 8.40. The highest BCUT2D eigenvalue weighted by Crippen LogP contribution is 2.17. The first-order valence-corrected chi connectivity index (χ1v) is 8.78. The fraction of sp³-hybridized carbons (Fsp3) is 0.143. The summed E-state index contributed by atoms with van der Waals surface area (Å²) in [4.78, 5) is 18.5. The minimum atomic E-state index is -0.0952. The van der Waals surface area contributed by atoms with Gasteiger partial charge >= 0.3 is 0 Å². The van der Waals surface area contributed by atoms with Gasteiger partial charge in [0.05, 0.1) is 11.3 Å². The third-order valence-corrected chi connectivity index (χ3v) is 4.30. The minimum Gasteiger partial charge on any atom is -0.383 e. The van der Waals surface area contributed by atoms with Crippen LogP contribution in [-0.4, -0.2) is 24.5 Å². The van der Waals surface area contributed by atoms with Gasteiger partial charge in [0.15, 0.2) is 0 Å². The normalized spacial score (nSPS) is 10.4. The second kappa shape index (κ2) is 8.50. The van der Waals surface area contributed by atoms with Gasteiger partial charge in [-0.3, -0.25) is 9.78 Å². The molecule has 0 aliphatic heterocycles. The van der Waals surface area contributed by atoms with Crippen molar-refractivity contribution in [3.63, 3.8) is 0 Å². The van der Waals surface area contributed by atoms with Crippen LogP contribution < -0.4 is 10.2 Å². The van der Waals surface area contributed by atoms with Crippen LogP contribution in [0.5, 0.6) is 0 Å². The molecule has 3 rings (SSSR count). The number of hydrogen-bond acceptors (Lipinski definition) is 3. The molecule has 1 amide bonds. The molecule has 1 heterocycles. The zero-order chi connectivity index (χ0) is 18.4. The van der Waals surface area contributed by atoms with Crippen LogP contribution in [0.1, 0.15) is 15.9 Å². The maximum absolute atomic E-state index is 12.7. The molecule has 132 valence electrons. The van der Waals surface area contributed by atoms with Crippen molar-refractivity contribution in [3.05, 3.63) is 89.2 Å². The first kappa shape index (κ1) is 18.0. The molecular weight excluding hydrogens is 346 g/mol. The average Bonchev–Trinajstić information content (AvgIpc) is 2.68. The van der Waals surface area contributed by atoms with Crippen molar-refractivity contribution in [1.29, 1.82) is 0 Å². The van der Waals surface area contributed by atoms with Crippen LogP contribution in [0.15, 0.2) is 73.1 Å². The van der Waals surface area contributed by atoms with E-state index in [-0.39, 0.29) is 5.91 Å². The fourth-order valence-corrected chi connectivity index (χ4v) is 2.87. The molecule has 0 fully saturated rings. The van der Waals surface area contributed by atoms with Crippen LogP contribution in [0.3, 0.4) is 0 Å². The molecule has 0 radical (unpaired) electrons. The summed E-state index contributed by atoms with van der Waals surface area (Å²) < 4.78 is 0. The van der Waals surface area contributed by atoms with Gasteiger partial charge in [-0.25, -0.2) is 0 Å². The number of carbonyl (C=O) groups is 1. The lowest BCUT2D eigenvalue weighted by atomic mass is 10.1. The molecule has 2 aromatic carbocycles. The lowest BCUT2D eigenvalue weighted by Gasteiger charge is -2.17. The predicted molar refractivity (Wildman–Crippen MR) is 107 cm³/mol. The molecule has 1 N–H and O–H groups in total.